The molecule has 4 N–H and O–H groups in total. The number of urea groups is 1. The number of aromatic amines is 1. The standard InChI is InChI=1S/C24H28N4O2/c1-16(2)14-28-10-9-17-11-19(7-8-23(17)28)26-24(30)27-20(15-29)12-18-13-25-22-6-4-3-5-21(18)22/h3-11,13,16,20,25,29H,12,14-15H2,1-2H3,(H2,26,27,30). The van der Waals surface area contributed by atoms with Gasteiger partial charge in [-0.25, -0.2) is 4.79 Å². The number of carbonyl (C=O) groups is 1. The second-order valence-electron chi connectivity index (χ2n) is 8.18. The molecule has 0 radical (unpaired) electrons. The largest absolute Gasteiger partial charge is 0.394 e. The number of nitrogens with zero attached hydrogens (tertiary/aromatic N) is 1. The third-order valence-electron chi connectivity index (χ3n) is 5.29. The van der Waals surface area contributed by atoms with Gasteiger partial charge >= 0.3 is 6.03 Å². The van der Waals surface area contributed by atoms with Crippen LogP contribution in [0.4, 0.5) is 10.5 Å². The van der Waals surface area contributed by atoms with Crippen LogP contribution in [0.5, 0.6) is 0 Å². The number of hydrogen-bond donors (Lipinski definition) is 4. The summed E-state index contributed by atoms with van der Waals surface area (Å²) in [4.78, 5) is 15.7. The Labute approximate surface area is 175 Å². The van der Waals surface area contributed by atoms with E-state index in [0.717, 1.165) is 39.6 Å². The first-order valence-corrected chi connectivity index (χ1v) is 10.4. The number of rotatable bonds is 7. The van der Waals surface area contributed by atoms with E-state index in [2.05, 4.69) is 46.3 Å². The highest BCUT2D eigenvalue weighted by Crippen LogP contribution is 2.22. The lowest BCUT2D eigenvalue weighted by Gasteiger charge is -2.17. The molecule has 30 heavy (non-hydrogen) atoms. The number of nitrogens with one attached hydrogen (secondary N) is 3. The number of para-hydroxylation sites is 1. The predicted molar refractivity (Wildman–Crippen MR) is 122 cm³/mol. The van der Waals surface area contributed by atoms with Gasteiger partial charge in [0.1, 0.15) is 0 Å². The molecule has 0 fully saturated rings. The molecule has 1 atom stereocenters. The van der Waals surface area contributed by atoms with Crippen LogP contribution < -0.4 is 10.6 Å². The van der Waals surface area contributed by atoms with E-state index < -0.39 is 0 Å². The number of fused-ring (bicyclic) bond motifs is 2. The molecule has 2 amide bonds. The normalized spacial score (nSPS) is 12.5. The number of aromatic nitrogens is 2. The Morgan fingerprint density at radius 2 is 2.00 bits per heavy atom. The Morgan fingerprint density at radius 1 is 1.17 bits per heavy atom. The number of amides is 2. The SMILES string of the molecule is CC(C)Cn1ccc2cc(NC(=O)NC(CO)Cc3c[nH]c4ccccc34)ccc21. The molecule has 0 aliphatic carbocycles. The van der Waals surface area contributed by atoms with Gasteiger partial charge in [0.15, 0.2) is 0 Å². The lowest BCUT2D eigenvalue weighted by atomic mass is 10.1. The summed E-state index contributed by atoms with van der Waals surface area (Å²) in [6, 6.07) is 15.3. The maximum absolute atomic E-state index is 12.5. The Bertz CT molecular complexity index is 1160. The van der Waals surface area contributed by atoms with Crippen LogP contribution in [0.25, 0.3) is 21.8 Å². The highest BCUT2D eigenvalue weighted by atomic mass is 16.3. The van der Waals surface area contributed by atoms with Crippen molar-refractivity contribution in [2.75, 3.05) is 11.9 Å². The molecular formula is C24H28N4O2. The molecule has 4 aromatic rings. The van der Waals surface area contributed by atoms with Crippen LogP contribution in [0.1, 0.15) is 19.4 Å². The minimum Gasteiger partial charge on any atom is -0.394 e. The van der Waals surface area contributed by atoms with Crippen molar-refractivity contribution in [2.45, 2.75) is 32.9 Å². The molecule has 6 nitrogen and oxygen atoms in total. The lowest BCUT2D eigenvalue weighted by Crippen LogP contribution is -2.41. The van der Waals surface area contributed by atoms with Crippen molar-refractivity contribution in [3.63, 3.8) is 0 Å². The van der Waals surface area contributed by atoms with Gasteiger partial charge in [0.2, 0.25) is 0 Å². The van der Waals surface area contributed by atoms with Crippen LogP contribution in [-0.2, 0) is 13.0 Å². The van der Waals surface area contributed by atoms with E-state index in [4.69, 9.17) is 0 Å². The highest BCUT2D eigenvalue weighted by molar-refractivity contribution is 5.93. The Hall–Kier alpha value is -3.25. The third-order valence-corrected chi connectivity index (χ3v) is 5.29. The van der Waals surface area contributed by atoms with Gasteiger partial charge in [-0.1, -0.05) is 32.0 Å². The van der Waals surface area contributed by atoms with Gasteiger partial charge < -0.3 is 25.3 Å². The number of anilines is 1. The fraction of sp³-hybridized carbons (Fsp3) is 0.292. The molecule has 6 heteroatoms. The smallest absolute Gasteiger partial charge is 0.319 e. The minimum atomic E-state index is -0.375. The number of aliphatic hydroxyl groups excluding tert-OH is 1. The summed E-state index contributed by atoms with van der Waals surface area (Å²) in [5, 5.41) is 17.7. The summed E-state index contributed by atoms with van der Waals surface area (Å²) in [5.74, 6) is 0.566. The number of carbonyl (C=O) groups excluding carboxylic acids is 1. The number of aliphatic hydroxyl groups is 1. The highest BCUT2D eigenvalue weighted by Gasteiger charge is 2.15. The first-order valence-electron chi connectivity index (χ1n) is 10.4. The number of H-pyrrole nitrogens is 1. The summed E-state index contributed by atoms with van der Waals surface area (Å²) in [6.45, 7) is 5.21. The average Bonchev–Trinajstić information content (AvgIpc) is 3.31. The van der Waals surface area contributed by atoms with E-state index in [-0.39, 0.29) is 18.7 Å². The monoisotopic (exact) mass is 404 g/mol. The van der Waals surface area contributed by atoms with E-state index in [9.17, 15) is 9.90 Å². The second kappa shape index (κ2) is 8.63. The maximum atomic E-state index is 12.5. The zero-order valence-electron chi connectivity index (χ0n) is 17.4. The summed E-state index contributed by atoms with van der Waals surface area (Å²) < 4.78 is 2.23. The van der Waals surface area contributed by atoms with E-state index in [1.165, 1.54) is 0 Å². The fourth-order valence-corrected chi connectivity index (χ4v) is 3.91. The van der Waals surface area contributed by atoms with Crippen LogP contribution in [0.15, 0.2) is 60.9 Å². The molecule has 156 valence electrons. The fourth-order valence-electron chi connectivity index (χ4n) is 3.91. The van der Waals surface area contributed by atoms with Gasteiger partial charge in [0.05, 0.1) is 12.6 Å². The minimum absolute atomic E-state index is 0.135. The lowest BCUT2D eigenvalue weighted by molar-refractivity contribution is 0.224. The first kappa shape index (κ1) is 20.0. The summed E-state index contributed by atoms with van der Waals surface area (Å²) in [5.41, 5.74) is 4.00. The van der Waals surface area contributed by atoms with E-state index in [1.807, 2.05) is 48.7 Å². The first-order chi connectivity index (χ1) is 14.5. The van der Waals surface area contributed by atoms with Crippen LogP contribution in [0.2, 0.25) is 0 Å². The molecule has 0 bridgehead atoms. The topological polar surface area (TPSA) is 82.1 Å². The van der Waals surface area contributed by atoms with Crippen molar-refractivity contribution in [1.29, 1.82) is 0 Å². The van der Waals surface area contributed by atoms with Crippen molar-refractivity contribution in [2.24, 2.45) is 5.92 Å². The average molecular weight is 405 g/mol. The van der Waals surface area contributed by atoms with Crippen molar-refractivity contribution < 1.29 is 9.90 Å². The van der Waals surface area contributed by atoms with E-state index in [1.54, 1.807) is 0 Å². The Balaban J connectivity index is 1.41. The predicted octanol–water partition coefficient (Wildman–Crippen LogP) is 4.50. The number of benzene rings is 2. The van der Waals surface area contributed by atoms with Crippen LogP contribution in [-0.4, -0.2) is 33.3 Å². The van der Waals surface area contributed by atoms with E-state index >= 15 is 0 Å². The van der Waals surface area contributed by atoms with Crippen molar-refractivity contribution in [1.82, 2.24) is 14.9 Å². The van der Waals surface area contributed by atoms with Gasteiger partial charge in [-0.2, -0.15) is 0 Å². The molecule has 0 saturated carbocycles. The van der Waals surface area contributed by atoms with Gasteiger partial charge in [-0.05, 0) is 48.2 Å². The molecule has 0 saturated heterocycles. The second-order valence-corrected chi connectivity index (χ2v) is 8.18. The zero-order valence-corrected chi connectivity index (χ0v) is 17.4. The molecule has 0 spiro atoms. The van der Waals surface area contributed by atoms with Crippen LogP contribution in [0.3, 0.4) is 0 Å². The van der Waals surface area contributed by atoms with Crippen molar-refractivity contribution in [3.05, 3.63) is 66.5 Å². The third kappa shape index (κ3) is 4.33. The summed E-state index contributed by atoms with van der Waals surface area (Å²) in [7, 11) is 0. The van der Waals surface area contributed by atoms with Gasteiger partial charge in [0, 0.05) is 46.4 Å². The van der Waals surface area contributed by atoms with E-state index in [0.29, 0.717) is 12.3 Å². The molecule has 0 aliphatic heterocycles. The molecule has 2 aromatic carbocycles. The van der Waals surface area contributed by atoms with Crippen LogP contribution in [0, 0.1) is 5.92 Å². The molecule has 2 heterocycles. The zero-order chi connectivity index (χ0) is 21.1. The maximum Gasteiger partial charge on any atom is 0.319 e. The van der Waals surface area contributed by atoms with Gasteiger partial charge in [0.25, 0.3) is 0 Å². The molecular weight excluding hydrogens is 376 g/mol. The van der Waals surface area contributed by atoms with Crippen LogP contribution >= 0.6 is 0 Å². The molecule has 1 unspecified atom stereocenters. The molecule has 4 rings (SSSR count). The van der Waals surface area contributed by atoms with Crippen molar-refractivity contribution in [3.8, 4) is 0 Å². The van der Waals surface area contributed by atoms with Crippen molar-refractivity contribution >= 4 is 33.5 Å². The quantitative estimate of drug-likeness (QED) is 0.366. The van der Waals surface area contributed by atoms with Gasteiger partial charge in [-0.15, -0.1) is 0 Å². The summed E-state index contributed by atoms with van der Waals surface area (Å²) >= 11 is 0. The molecule has 0 aliphatic rings. The Morgan fingerprint density at radius 3 is 2.80 bits per heavy atom. The molecule has 2 aromatic heterocycles. The summed E-state index contributed by atoms with van der Waals surface area (Å²) in [6.07, 6.45) is 4.56. The Kier molecular flexibility index (Phi) is 5.77. The number of hydrogen-bond acceptors (Lipinski definition) is 2. The van der Waals surface area contributed by atoms with Gasteiger partial charge in [-0.3, -0.25) is 0 Å².